The first-order chi connectivity index (χ1) is 10.2. The molecule has 0 amide bonds. The predicted molar refractivity (Wildman–Crippen MR) is 90.3 cm³/mol. The third kappa shape index (κ3) is 3.56. The van der Waals surface area contributed by atoms with Crippen LogP contribution in [-0.4, -0.2) is 0 Å². The van der Waals surface area contributed by atoms with E-state index in [4.69, 9.17) is 4.42 Å². The van der Waals surface area contributed by atoms with Crippen molar-refractivity contribution < 1.29 is 4.42 Å². The minimum absolute atomic E-state index is 0.681. The zero-order chi connectivity index (χ0) is 14.7. The van der Waals surface area contributed by atoms with E-state index in [1.54, 1.807) is 0 Å². The standard InChI is InChI=1S/C18H16BrNO/c1-13-3-2-4-16(11-13)20-12-17-9-10-18(21-17)14-5-7-15(19)8-6-14/h2-11,20H,12H2,1H3. The summed E-state index contributed by atoms with van der Waals surface area (Å²) in [5, 5.41) is 3.37. The normalized spacial score (nSPS) is 10.6. The van der Waals surface area contributed by atoms with E-state index in [-0.39, 0.29) is 0 Å². The number of aryl methyl sites for hydroxylation is 1. The van der Waals surface area contributed by atoms with Gasteiger partial charge >= 0.3 is 0 Å². The molecule has 0 spiro atoms. The lowest BCUT2D eigenvalue weighted by molar-refractivity contribution is 0.531. The first-order valence-electron chi connectivity index (χ1n) is 6.86. The minimum atomic E-state index is 0.681. The number of hydrogen-bond donors (Lipinski definition) is 1. The molecule has 0 aliphatic heterocycles. The lowest BCUT2D eigenvalue weighted by Gasteiger charge is -2.05. The predicted octanol–water partition coefficient (Wildman–Crippen LogP) is 5.63. The Morgan fingerprint density at radius 3 is 2.57 bits per heavy atom. The third-order valence-corrected chi connectivity index (χ3v) is 3.80. The highest BCUT2D eigenvalue weighted by atomic mass is 79.9. The summed E-state index contributed by atoms with van der Waals surface area (Å²) in [4.78, 5) is 0. The van der Waals surface area contributed by atoms with Crippen LogP contribution in [-0.2, 0) is 6.54 Å². The van der Waals surface area contributed by atoms with Crippen LogP contribution in [0.15, 0.2) is 69.6 Å². The quantitative estimate of drug-likeness (QED) is 0.665. The van der Waals surface area contributed by atoms with Crippen molar-refractivity contribution in [1.29, 1.82) is 0 Å². The topological polar surface area (TPSA) is 25.2 Å². The fraction of sp³-hybridized carbons (Fsp3) is 0.111. The van der Waals surface area contributed by atoms with Gasteiger partial charge in [-0.15, -0.1) is 0 Å². The van der Waals surface area contributed by atoms with E-state index in [0.29, 0.717) is 6.54 Å². The van der Waals surface area contributed by atoms with Gasteiger partial charge < -0.3 is 9.73 Å². The smallest absolute Gasteiger partial charge is 0.134 e. The highest BCUT2D eigenvalue weighted by Gasteiger charge is 2.04. The molecule has 1 heterocycles. The van der Waals surface area contributed by atoms with Crippen LogP contribution in [0.5, 0.6) is 0 Å². The van der Waals surface area contributed by atoms with Gasteiger partial charge in [0.15, 0.2) is 0 Å². The maximum atomic E-state index is 5.88. The van der Waals surface area contributed by atoms with Gasteiger partial charge in [-0.1, -0.05) is 40.2 Å². The third-order valence-electron chi connectivity index (χ3n) is 3.28. The SMILES string of the molecule is Cc1cccc(NCc2ccc(-c3ccc(Br)cc3)o2)c1. The number of anilines is 1. The fourth-order valence-electron chi connectivity index (χ4n) is 2.19. The molecule has 1 aromatic heterocycles. The molecule has 0 unspecified atom stereocenters. The second kappa shape index (κ2) is 6.19. The van der Waals surface area contributed by atoms with E-state index in [1.165, 1.54) is 5.56 Å². The Labute approximate surface area is 132 Å². The van der Waals surface area contributed by atoms with Crippen molar-refractivity contribution >= 4 is 21.6 Å². The summed E-state index contributed by atoms with van der Waals surface area (Å²) < 4.78 is 6.95. The van der Waals surface area contributed by atoms with Crippen molar-refractivity contribution in [1.82, 2.24) is 0 Å². The van der Waals surface area contributed by atoms with Crippen LogP contribution < -0.4 is 5.32 Å². The molecule has 2 aromatic carbocycles. The van der Waals surface area contributed by atoms with Gasteiger partial charge in [-0.05, 0) is 48.9 Å². The molecule has 0 aliphatic carbocycles. The summed E-state index contributed by atoms with van der Waals surface area (Å²) >= 11 is 3.44. The van der Waals surface area contributed by atoms with Crippen LogP contribution in [0.2, 0.25) is 0 Å². The summed E-state index contributed by atoms with van der Waals surface area (Å²) in [7, 11) is 0. The van der Waals surface area contributed by atoms with Gasteiger partial charge in [0.05, 0.1) is 6.54 Å². The Balaban J connectivity index is 1.69. The van der Waals surface area contributed by atoms with Crippen molar-refractivity contribution in [3.8, 4) is 11.3 Å². The van der Waals surface area contributed by atoms with Gasteiger partial charge in [-0.3, -0.25) is 0 Å². The molecule has 0 fully saturated rings. The second-order valence-electron chi connectivity index (χ2n) is 5.00. The van der Waals surface area contributed by atoms with E-state index in [1.807, 2.05) is 42.5 Å². The Kier molecular flexibility index (Phi) is 4.11. The summed E-state index contributed by atoms with van der Waals surface area (Å²) in [5.74, 6) is 1.82. The molecule has 0 bridgehead atoms. The van der Waals surface area contributed by atoms with Crippen molar-refractivity contribution in [2.75, 3.05) is 5.32 Å². The first kappa shape index (κ1) is 14.0. The van der Waals surface area contributed by atoms with E-state index in [9.17, 15) is 0 Å². The molecule has 0 aliphatic rings. The maximum absolute atomic E-state index is 5.88. The number of rotatable bonds is 4. The highest BCUT2D eigenvalue weighted by molar-refractivity contribution is 9.10. The van der Waals surface area contributed by atoms with Gasteiger partial charge in [0.1, 0.15) is 11.5 Å². The molecule has 0 saturated carbocycles. The molecule has 21 heavy (non-hydrogen) atoms. The average Bonchev–Trinajstić information content (AvgIpc) is 2.95. The summed E-state index contributed by atoms with van der Waals surface area (Å²) in [6, 6.07) is 20.5. The van der Waals surface area contributed by atoms with Gasteiger partial charge in [0.2, 0.25) is 0 Å². The number of furan rings is 1. The lowest BCUT2D eigenvalue weighted by Crippen LogP contribution is -1.97. The largest absolute Gasteiger partial charge is 0.459 e. The van der Waals surface area contributed by atoms with E-state index in [2.05, 4.69) is 46.4 Å². The molecule has 2 nitrogen and oxygen atoms in total. The van der Waals surface area contributed by atoms with Gasteiger partial charge in [-0.25, -0.2) is 0 Å². The van der Waals surface area contributed by atoms with Crippen LogP contribution in [0.1, 0.15) is 11.3 Å². The summed E-state index contributed by atoms with van der Waals surface area (Å²) in [6.07, 6.45) is 0. The van der Waals surface area contributed by atoms with Crippen LogP contribution >= 0.6 is 15.9 Å². The monoisotopic (exact) mass is 341 g/mol. The maximum Gasteiger partial charge on any atom is 0.134 e. The van der Waals surface area contributed by atoms with Crippen LogP contribution in [0.25, 0.3) is 11.3 Å². The number of benzene rings is 2. The lowest BCUT2D eigenvalue weighted by atomic mass is 10.2. The Bertz CT molecular complexity index is 731. The van der Waals surface area contributed by atoms with Crippen molar-refractivity contribution in [2.45, 2.75) is 13.5 Å². The summed E-state index contributed by atoms with van der Waals surface area (Å²) in [5.41, 5.74) is 3.44. The Morgan fingerprint density at radius 2 is 1.81 bits per heavy atom. The minimum Gasteiger partial charge on any atom is -0.459 e. The molecule has 3 aromatic rings. The number of nitrogens with one attached hydrogen (secondary N) is 1. The molecule has 3 rings (SSSR count). The second-order valence-corrected chi connectivity index (χ2v) is 5.91. The molecule has 0 radical (unpaired) electrons. The average molecular weight is 342 g/mol. The van der Waals surface area contributed by atoms with Crippen LogP contribution in [0.3, 0.4) is 0 Å². The van der Waals surface area contributed by atoms with Crippen molar-refractivity contribution in [2.24, 2.45) is 0 Å². The zero-order valence-corrected chi connectivity index (χ0v) is 13.4. The number of hydrogen-bond acceptors (Lipinski definition) is 2. The highest BCUT2D eigenvalue weighted by Crippen LogP contribution is 2.24. The molecule has 0 saturated heterocycles. The van der Waals surface area contributed by atoms with E-state index in [0.717, 1.165) is 27.2 Å². The Morgan fingerprint density at radius 1 is 1.00 bits per heavy atom. The van der Waals surface area contributed by atoms with E-state index < -0.39 is 0 Å². The van der Waals surface area contributed by atoms with Crippen LogP contribution in [0, 0.1) is 6.92 Å². The molecule has 3 heteroatoms. The molecule has 1 N–H and O–H groups in total. The zero-order valence-electron chi connectivity index (χ0n) is 11.8. The fourth-order valence-corrected chi connectivity index (χ4v) is 2.45. The summed E-state index contributed by atoms with van der Waals surface area (Å²) in [6.45, 7) is 2.77. The van der Waals surface area contributed by atoms with Gasteiger partial charge in [0, 0.05) is 15.7 Å². The molecular formula is C18H16BrNO. The van der Waals surface area contributed by atoms with Crippen molar-refractivity contribution in [3.05, 3.63) is 76.5 Å². The number of halogens is 1. The van der Waals surface area contributed by atoms with Gasteiger partial charge in [-0.2, -0.15) is 0 Å². The van der Waals surface area contributed by atoms with Crippen molar-refractivity contribution in [3.63, 3.8) is 0 Å². The van der Waals surface area contributed by atoms with Gasteiger partial charge in [0.25, 0.3) is 0 Å². The molecule has 106 valence electrons. The van der Waals surface area contributed by atoms with Crippen LogP contribution in [0.4, 0.5) is 5.69 Å². The molecular weight excluding hydrogens is 326 g/mol. The Hall–Kier alpha value is -2.00. The molecule has 0 atom stereocenters. The first-order valence-corrected chi connectivity index (χ1v) is 7.65. The van der Waals surface area contributed by atoms with E-state index >= 15 is 0 Å².